The molecular weight excluding hydrogens is 356 g/mol. The molecule has 1 fully saturated rings. The van der Waals surface area contributed by atoms with Crippen molar-refractivity contribution < 1.29 is 19.1 Å². The van der Waals surface area contributed by atoms with Crippen LogP contribution in [-0.2, 0) is 16.1 Å². The zero-order valence-corrected chi connectivity index (χ0v) is 15.2. The predicted molar refractivity (Wildman–Crippen MR) is 102 cm³/mol. The van der Waals surface area contributed by atoms with Gasteiger partial charge in [0.15, 0.2) is 0 Å². The molecule has 3 heterocycles. The average Bonchev–Trinajstić information content (AvgIpc) is 3.31. The van der Waals surface area contributed by atoms with E-state index in [1.54, 1.807) is 48.8 Å². The lowest BCUT2D eigenvalue weighted by atomic mass is 9.96. The number of nitrogens with zero attached hydrogens (tertiary/aromatic N) is 2. The van der Waals surface area contributed by atoms with Crippen LogP contribution >= 0.6 is 0 Å². The number of aryl methyl sites for hydroxylation is 1. The fourth-order valence-electron chi connectivity index (χ4n) is 3.36. The summed E-state index contributed by atoms with van der Waals surface area (Å²) in [5.74, 6) is -1.06. The summed E-state index contributed by atoms with van der Waals surface area (Å²) in [5, 5.41) is 10.9. The molecule has 0 radical (unpaired) electrons. The zero-order chi connectivity index (χ0) is 19.7. The molecule has 6 heteroatoms. The van der Waals surface area contributed by atoms with Crippen LogP contribution in [0.1, 0.15) is 28.5 Å². The Hall–Kier alpha value is -3.67. The molecule has 1 N–H and O–H groups in total. The molecule has 28 heavy (non-hydrogen) atoms. The number of benzene rings is 1. The number of Topliss-reactive ketones (excluding diaryl/α,β-unsaturated/α-hetero) is 1. The van der Waals surface area contributed by atoms with Crippen LogP contribution in [0.15, 0.2) is 77.2 Å². The Morgan fingerprint density at radius 2 is 1.93 bits per heavy atom. The van der Waals surface area contributed by atoms with Gasteiger partial charge < -0.3 is 14.4 Å². The van der Waals surface area contributed by atoms with Crippen molar-refractivity contribution in [3.8, 4) is 0 Å². The lowest BCUT2D eigenvalue weighted by Crippen LogP contribution is -2.29. The number of aromatic nitrogens is 1. The minimum Gasteiger partial charge on any atom is -0.507 e. The SMILES string of the molecule is Cc1ccc(/C(O)=C2/C(=O)C(=O)N(Cc3ccco3)C2c2cccnc2)cc1. The van der Waals surface area contributed by atoms with E-state index in [1.807, 2.05) is 19.1 Å². The second-order valence-electron chi connectivity index (χ2n) is 6.66. The minimum absolute atomic E-state index is 0.0495. The van der Waals surface area contributed by atoms with Gasteiger partial charge in [0.1, 0.15) is 11.5 Å². The molecule has 1 aromatic carbocycles. The van der Waals surface area contributed by atoms with E-state index in [0.717, 1.165) is 5.56 Å². The summed E-state index contributed by atoms with van der Waals surface area (Å²) in [6.45, 7) is 2.05. The maximum Gasteiger partial charge on any atom is 0.296 e. The van der Waals surface area contributed by atoms with Gasteiger partial charge in [-0.15, -0.1) is 0 Å². The maximum atomic E-state index is 12.8. The van der Waals surface area contributed by atoms with E-state index < -0.39 is 17.7 Å². The first-order chi connectivity index (χ1) is 13.6. The number of pyridine rings is 1. The largest absolute Gasteiger partial charge is 0.507 e. The molecular formula is C22H18N2O4. The number of aliphatic hydroxyl groups excluding tert-OH is 1. The number of hydrogen-bond acceptors (Lipinski definition) is 5. The molecule has 0 bridgehead atoms. The molecule has 2 aromatic heterocycles. The number of carbonyl (C=O) groups is 2. The van der Waals surface area contributed by atoms with Gasteiger partial charge in [-0.1, -0.05) is 35.9 Å². The Bertz CT molecular complexity index is 1040. The van der Waals surface area contributed by atoms with Crippen LogP contribution in [0.3, 0.4) is 0 Å². The normalized spacial score (nSPS) is 18.6. The number of aliphatic hydroxyl groups is 1. The number of likely N-dealkylation sites (tertiary alicyclic amines) is 1. The van der Waals surface area contributed by atoms with Crippen LogP contribution in [0.5, 0.6) is 0 Å². The highest BCUT2D eigenvalue weighted by molar-refractivity contribution is 6.46. The van der Waals surface area contributed by atoms with E-state index in [2.05, 4.69) is 4.98 Å². The van der Waals surface area contributed by atoms with Gasteiger partial charge >= 0.3 is 0 Å². The van der Waals surface area contributed by atoms with Crippen LogP contribution in [0.25, 0.3) is 5.76 Å². The summed E-state index contributed by atoms with van der Waals surface area (Å²) in [4.78, 5) is 31.1. The number of hydrogen-bond donors (Lipinski definition) is 1. The van der Waals surface area contributed by atoms with Gasteiger partial charge in [-0.05, 0) is 30.7 Å². The predicted octanol–water partition coefficient (Wildman–Crippen LogP) is 3.60. The molecule has 3 aromatic rings. The second kappa shape index (κ2) is 7.15. The van der Waals surface area contributed by atoms with Crippen LogP contribution in [0.2, 0.25) is 0 Å². The van der Waals surface area contributed by atoms with Gasteiger partial charge in [-0.2, -0.15) is 0 Å². The van der Waals surface area contributed by atoms with Gasteiger partial charge in [0, 0.05) is 18.0 Å². The lowest BCUT2D eigenvalue weighted by molar-refractivity contribution is -0.140. The Labute approximate surface area is 161 Å². The molecule has 6 nitrogen and oxygen atoms in total. The summed E-state index contributed by atoms with van der Waals surface area (Å²) in [6, 6.07) is 13.3. The fraction of sp³-hybridized carbons (Fsp3) is 0.136. The quantitative estimate of drug-likeness (QED) is 0.428. The van der Waals surface area contributed by atoms with Gasteiger partial charge in [0.25, 0.3) is 11.7 Å². The number of rotatable bonds is 4. The molecule has 0 saturated carbocycles. The summed E-state index contributed by atoms with van der Waals surface area (Å²) in [6.07, 6.45) is 4.72. The van der Waals surface area contributed by atoms with Crippen molar-refractivity contribution in [1.82, 2.24) is 9.88 Å². The summed E-state index contributed by atoms with van der Waals surface area (Å²) < 4.78 is 5.36. The number of carbonyl (C=O) groups excluding carboxylic acids is 2. The van der Waals surface area contributed by atoms with E-state index in [9.17, 15) is 14.7 Å². The topological polar surface area (TPSA) is 83.6 Å². The minimum atomic E-state index is -0.750. The fourth-order valence-corrected chi connectivity index (χ4v) is 3.36. The molecule has 1 aliphatic rings. The third kappa shape index (κ3) is 3.09. The van der Waals surface area contributed by atoms with Crippen molar-refractivity contribution in [1.29, 1.82) is 0 Å². The second-order valence-corrected chi connectivity index (χ2v) is 6.66. The molecule has 1 amide bonds. The number of furan rings is 1. The van der Waals surface area contributed by atoms with E-state index in [1.165, 1.54) is 11.2 Å². The van der Waals surface area contributed by atoms with Gasteiger partial charge in [-0.25, -0.2) is 0 Å². The van der Waals surface area contributed by atoms with E-state index in [-0.39, 0.29) is 17.9 Å². The summed E-state index contributed by atoms with van der Waals surface area (Å²) in [7, 11) is 0. The molecule has 140 valence electrons. The molecule has 1 unspecified atom stereocenters. The van der Waals surface area contributed by atoms with E-state index in [0.29, 0.717) is 16.9 Å². The molecule has 1 atom stereocenters. The van der Waals surface area contributed by atoms with Crippen molar-refractivity contribution in [2.45, 2.75) is 19.5 Å². The van der Waals surface area contributed by atoms with Crippen LogP contribution in [0, 0.1) is 6.92 Å². The van der Waals surface area contributed by atoms with Crippen molar-refractivity contribution in [3.63, 3.8) is 0 Å². The first-order valence-electron chi connectivity index (χ1n) is 8.84. The van der Waals surface area contributed by atoms with Crippen LogP contribution < -0.4 is 0 Å². The highest BCUT2D eigenvalue weighted by atomic mass is 16.3. The van der Waals surface area contributed by atoms with Gasteiger partial charge in [0.2, 0.25) is 0 Å². The molecule has 1 saturated heterocycles. The lowest BCUT2D eigenvalue weighted by Gasteiger charge is -2.24. The third-order valence-corrected chi connectivity index (χ3v) is 4.77. The molecule has 1 aliphatic heterocycles. The first-order valence-corrected chi connectivity index (χ1v) is 8.84. The highest BCUT2D eigenvalue weighted by Crippen LogP contribution is 2.40. The number of ketones is 1. The monoisotopic (exact) mass is 374 g/mol. The summed E-state index contributed by atoms with van der Waals surface area (Å²) >= 11 is 0. The number of amides is 1. The Morgan fingerprint density at radius 3 is 2.57 bits per heavy atom. The third-order valence-electron chi connectivity index (χ3n) is 4.77. The highest BCUT2D eigenvalue weighted by Gasteiger charge is 2.46. The Balaban J connectivity index is 1.85. The van der Waals surface area contributed by atoms with Crippen LogP contribution in [-0.4, -0.2) is 26.7 Å². The van der Waals surface area contributed by atoms with Crippen molar-refractivity contribution in [2.75, 3.05) is 0 Å². The molecule has 0 aliphatic carbocycles. The van der Waals surface area contributed by atoms with Crippen molar-refractivity contribution in [3.05, 3.63) is 95.2 Å². The van der Waals surface area contributed by atoms with E-state index in [4.69, 9.17) is 4.42 Å². The van der Waals surface area contributed by atoms with Crippen LogP contribution in [0.4, 0.5) is 0 Å². The van der Waals surface area contributed by atoms with E-state index >= 15 is 0 Å². The average molecular weight is 374 g/mol. The smallest absolute Gasteiger partial charge is 0.296 e. The molecule has 4 rings (SSSR count). The van der Waals surface area contributed by atoms with Gasteiger partial charge in [-0.3, -0.25) is 14.6 Å². The Morgan fingerprint density at radius 1 is 1.14 bits per heavy atom. The zero-order valence-electron chi connectivity index (χ0n) is 15.2. The first kappa shape index (κ1) is 17.7. The Kier molecular flexibility index (Phi) is 4.53. The summed E-state index contributed by atoms with van der Waals surface area (Å²) in [5.41, 5.74) is 2.20. The standard InChI is InChI=1S/C22H18N2O4/c1-14-6-8-15(9-7-14)20(25)18-19(16-4-2-10-23-12-16)24(22(27)21(18)26)13-17-5-3-11-28-17/h2-12,19,25H,13H2,1H3/b20-18-. The van der Waals surface area contributed by atoms with Crippen molar-refractivity contribution >= 4 is 17.4 Å². The maximum absolute atomic E-state index is 12.8. The van der Waals surface area contributed by atoms with Crippen molar-refractivity contribution in [2.24, 2.45) is 0 Å². The van der Waals surface area contributed by atoms with Gasteiger partial charge in [0.05, 0.1) is 24.4 Å². The molecule has 0 spiro atoms.